The Bertz CT molecular complexity index is 330. The fraction of sp³-hybridized carbons (Fsp3) is 0.857. The zero-order valence-corrected chi connectivity index (χ0v) is 12.8. The van der Waals surface area contributed by atoms with Crippen molar-refractivity contribution in [3.05, 3.63) is 0 Å². The topological polar surface area (TPSA) is 64.1 Å². The predicted molar refractivity (Wildman–Crippen MR) is 77.8 cm³/mol. The number of carbonyl (C=O) groups is 2. The molecule has 0 aliphatic carbocycles. The van der Waals surface area contributed by atoms with Crippen molar-refractivity contribution in [3.8, 4) is 0 Å². The van der Waals surface area contributed by atoms with E-state index in [0.717, 1.165) is 26.1 Å². The normalized spacial score (nSPS) is 16.9. The molecule has 0 aromatic carbocycles. The van der Waals surface area contributed by atoms with Crippen molar-refractivity contribution in [3.63, 3.8) is 0 Å². The second-order valence-electron chi connectivity index (χ2n) is 5.53. The second kappa shape index (κ2) is 8.09. The van der Waals surface area contributed by atoms with Crippen LogP contribution in [0.15, 0.2) is 0 Å². The molecule has 2 amide bonds. The molecule has 1 N–H and O–H groups in total. The van der Waals surface area contributed by atoms with Crippen LogP contribution < -0.4 is 0 Å². The van der Waals surface area contributed by atoms with Crippen molar-refractivity contribution < 1.29 is 14.7 Å². The van der Waals surface area contributed by atoms with Crippen LogP contribution in [0.3, 0.4) is 0 Å². The summed E-state index contributed by atoms with van der Waals surface area (Å²) < 4.78 is 0. The molecule has 0 saturated carbocycles. The lowest BCUT2D eigenvalue weighted by atomic mass is 10.2. The summed E-state index contributed by atoms with van der Waals surface area (Å²) in [6, 6.07) is -0.256. The van der Waals surface area contributed by atoms with Gasteiger partial charge in [-0.25, -0.2) is 4.79 Å². The molecule has 0 aromatic rings. The molecule has 1 heterocycles. The van der Waals surface area contributed by atoms with Crippen LogP contribution in [0, 0.1) is 0 Å². The number of nitrogens with zero attached hydrogens (tertiary/aromatic N) is 3. The molecule has 1 aliphatic rings. The molecule has 1 aliphatic heterocycles. The number of urea groups is 1. The Balaban J connectivity index is 2.50. The fourth-order valence-corrected chi connectivity index (χ4v) is 2.39. The lowest BCUT2D eigenvalue weighted by Gasteiger charge is -2.32. The van der Waals surface area contributed by atoms with Gasteiger partial charge < -0.3 is 19.8 Å². The number of likely N-dealkylation sites (N-methyl/N-ethyl adjacent to an activating group) is 1. The minimum atomic E-state index is -0.966. The third-order valence-corrected chi connectivity index (χ3v) is 3.95. The fourth-order valence-electron chi connectivity index (χ4n) is 2.39. The van der Waals surface area contributed by atoms with Gasteiger partial charge in [0.1, 0.15) is 6.54 Å². The van der Waals surface area contributed by atoms with Gasteiger partial charge in [0.05, 0.1) is 0 Å². The number of carboxylic acids is 1. The summed E-state index contributed by atoms with van der Waals surface area (Å²) >= 11 is 0. The average Bonchev–Trinajstić information content (AvgIpc) is 2.93. The SMILES string of the molecule is CCC(C)N(CC(=O)O)C(=O)N(C)CCN1CCCC1. The number of rotatable bonds is 7. The monoisotopic (exact) mass is 285 g/mol. The number of hydrogen-bond acceptors (Lipinski definition) is 3. The maximum atomic E-state index is 12.4. The first kappa shape index (κ1) is 16.8. The Hall–Kier alpha value is -1.30. The van der Waals surface area contributed by atoms with Gasteiger partial charge in [-0.05, 0) is 39.3 Å². The van der Waals surface area contributed by atoms with Crippen LogP contribution in [0.5, 0.6) is 0 Å². The van der Waals surface area contributed by atoms with Crippen molar-refractivity contribution in [2.24, 2.45) is 0 Å². The van der Waals surface area contributed by atoms with Gasteiger partial charge in [0.25, 0.3) is 0 Å². The third-order valence-electron chi connectivity index (χ3n) is 3.95. The molecule has 1 saturated heterocycles. The molecular weight excluding hydrogens is 258 g/mol. The number of likely N-dealkylation sites (tertiary alicyclic amines) is 1. The van der Waals surface area contributed by atoms with Gasteiger partial charge in [0.15, 0.2) is 0 Å². The molecule has 6 nitrogen and oxygen atoms in total. The molecule has 1 rings (SSSR count). The van der Waals surface area contributed by atoms with E-state index in [4.69, 9.17) is 5.11 Å². The van der Waals surface area contributed by atoms with Crippen molar-refractivity contribution in [2.45, 2.75) is 39.2 Å². The van der Waals surface area contributed by atoms with Crippen LogP contribution in [0.4, 0.5) is 4.79 Å². The van der Waals surface area contributed by atoms with E-state index in [1.807, 2.05) is 13.8 Å². The van der Waals surface area contributed by atoms with Gasteiger partial charge in [0.2, 0.25) is 0 Å². The standard InChI is InChI=1S/C14H27N3O3/c1-4-12(2)17(11-13(18)19)14(20)15(3)9-10-16-7-5-6-8-16/h12H,4-11H2,1-3H3,(H,18,19). The largest absolute Gasteiger partial charge is 0.480 e. The van der Waals surface area contributed by atoms with Crippen molar-refractivity contribution in [2.75, 3.05) is 39.8 Å². The van der Waals surface area contributed by atoms with E-state index in [0.29, 0.717) is 6.54 Å². The van der Waals surface area contributed by atoms with Gasteiger partial charge in [-0.3, -0.25) is 4.79 Å². The van der Waals surface area contributed by atoms with Crippen molar-refractivity contribution in [1.29, 1.82) is 0 Å². The minimum Gasteiger partial charge on any atom is -0.480 e. The lowest BCUT2D eigenvalue weighted by Crippen LogP contribution is -2.49. The van der Waals surface area contributed by atoms with E-state index >= 15 is 0 Å². The first-order valence-corrected chi connectivity index (χ1v) is 7.41. The van der Waals surface area contributed by atoms with Gasteiger partial charge in [-0.15, -0.1) is 0 Å². The first-order chi connectivity index (χ1) is 9.45. The Morgan fingerprint density at radius 1 is 1.30 bits per heavy atom. The summed E-state index contributed by atoms with van der Waals surface area (Å²) in [6.07, 6.45) is 3.21. The highest BCUT2D eigenvalue weighted by Gasteiger charge is 2.24. The molecule has 20 heavy (non-hydrogen) atoms. The van der Waals surface area contributed by atoms with Crippen LogP contribution in [0.2, 0.25) is 0 Å². The Morgan fingerprint density at radius 3 is 2.40 bits per heavy atom. The maximum absolute atomic E-state index is 12.4. The molecule has 116 valence electrons. The smallest absolute Gasteiger partial charge is 0.323 e. The molecule has 6 heteroatoms. The van der Waals surface area contributed by atoms with Crippen molar-refractivity contribution >= 4 is 12.0 Å². The highest BCUT2D eigenvalue weighted by Crippen LogP contribution is 2.09. The van der Waals surface area contributed by atoms with E-state index in [-0.39, 0.29) is 18.6 Å². The third kappa shape index (κ3) is 5.00. The van der Waals surface area contributed by atoms with Gasteiger partial charge in [0, 0.05) is 26.2 Å². The van der Waals surface area contributed by atoms with Crippen LogP contribution in [0.25, 0.3) is 0 Å². The molecular formula is C14H27N3O3. The van der Waals surface area contributed by atoms with E-state index in [9.17, 15) is 9.59 Å². The molecule has 1 unspecified atom stereocenters. The van der Waals surface area contributed by atoms with Crippen LogP contribution >= 0.6 is 0 Å². The summed E-state index contributed by atoms with van der Waals surface area (Å²) in [6.45, 7) is 7.32. The minimum absolute atomic E-state index is 0.0622. The number of carboxylic acid groups (broad SMARTS) is 1. The quantitative estimate of drug-likeness (QED) is 0.766. The molecule has 0 aromatic heterocycles. The van der Waals surface area contributed by atoms with Crippen LogP contribution in [-0.2, 0) is 4.79 Å². The summed E-state index contributed by atoms with van der Waals surface area (Å²) in [7, 11) is 1.75. The number of aliphatic carboxylic acids is 1. The summed E-state index contributed by atoms with van der Waals surface area (Å²) in [5.74, 6) is -0.966. The van der Waals surface area contributed by atoms with Gasteiger partial charge in [-0.1, -0.05) is 6.92 Å². The van der Waals surface area contributed by atoms with E-state index in [1.165, 1.54) is 17.7 Å². The Labute approximate surface area is 121 Å². The molecule has 1 fully saturated rings. The molecule has 1 atom stereocenters. The number of amides is 2. The number of carbonyl (C=O) groups excluding carboxylic acids is 1. The Morgan fingerprint density at radius 2 is 1.90 bits per heavy atom. The van der Waals surface area contributed by atoms with E-state index in [1.54, 1.807) is 11.9 Å². The summed E-state index contributed by atoms with van der Waals surface area (Å²) in [4.78, 5) is 28.7. The molecule has 0 spiro atoms. The zero-order valence-electron chi connectivity index (χ0n) is 12.8. The van der Waals surface area contributed by atoms with E-state index < -0.39 is 5.97 Å². The van der Waals surface area contributed by atoms with Gasteiger partial charge in [-0.2, -0.15) is 0 Å². The summed E-state index contributed by atoms with van der Waals surface area (Å²) in [5.41, 5.74) is 0. The number of hydrogen-bond donors (Lipinski definition) is 1. The summed E-state index contributed by atoms with van der Waals surface area (Å²) in [5, 5.41) is 8.94. The van der Waals surface area contributed by atoms with Crippen LogP contribution in [0.1, 0.15) is 33.1 Å². The highest BCUT2D eigenvalue weighted by atomic mass is 16.4. The molecule has 0 bridgehead atoms. The highest BCUT2D eigenvalue weighted by molar-refractivity contribution is 5.80. The zero-order chi connectivity index (χ0) is 15.1. The first-order valence-electron chi connectivity index (χ1n) is 7.41. The second-order valence-corrected chi connectivity index (χ2v) is 5.53. The molecule has 0 radical (unpaired) electrons. The van der Waals surface area contributed by atoms with Crippen molar-refractivity contribution in [1.82, 2.24) is 14.7 Å². The lowest BCUT2D eigenvalue weighted by molar-refractivity contribution is -0.138. The predicted octanol–water partition coefficient (Wildman–Crippen LogP) is 1.32. The van der Waals surface area contributed by atoms with E-state index in [2.05, 4.69) is 4.90 Å². The average molecular weight is 285 g/mol. The Kier molecular flexibility index (Phi) is 6.78. The van der Waals surface area contributed by atoms with Gasteiger partial charge >= 0.3 is 12.0 Å². The maximum Gasteiger partial charge on any atom is 0.323 e. The van der Waals surface area contributed by atoms with Crippen LogP contribution in [-0.4, -0.2) is 77.6 Å².